The SMILES string of the molecule is N#CCCCC1(Cc2ccncc2)C(=O)c2ccc(F)c3cccc1c23. The zero-order valence-corrected chi connectivity index (χ0v) is 14.2. The van der Waals surface area contributed by atoms with E-state index in [0.29, 0.717) is 36.6 Å². The molecule has 0 saturated carbocycles. The van der Waals surface area contributed by atoms with Crippen LogP contribution in [0.2, 0.25) is 0 Å². The fraction of sp³-hybridized carbons (Fsp3) is 0.227. The van der Waals surface area contributed by atoms with Crippen molar-refractivity contribution in [2.75, 3.05) is 0 Å². The van der Waals surface area contributed by atoms with E-state index in [1.165, 1.54) is 6.07 Å². The maximum atomic E-state index is 14.3. The number of pyridine rings is 1. The van der Waals surface area contributed by atoms with Gasteiger partial charge in [0.05, 0.1) is 11.5 Å². The van der Waals surface area contributed by atoms with Gasteiger partial charge in [-0.1, -0.05) is 18.2 Å². The lowest BCUT2D eigenvalue weighted by Gasteiger charge is -2.29. The normalized spacial score (nSPS) is 18.2. The Morgan fingerprint density at radius 1 is 1.12 bits per heavy atom. The van der Waals surface area contributed by atoms with E-state index < -0.39 is 5.41 Å². The molecule has 3 nitrogen and oxygen atoms in total. The van der Waals surface area contributed by atoms with Gasteiger partial charge in [0.1, 0.15) is 5.82 Å². The minimum absolute atomic E-state index is 0.0263. The van der Waals surface area contributed by atoms with Crippen LogP contribution in [0.15, 0.2) is 54.9 Å². The standard InChI is InChI=1S/C22H17FN2O/c23-19-7-6-17-20-16(19)4-3-5-18(20)22(21(17)26,10-1-2-11-24)14-15-8-12-25-13-9-15/h3-9,12-13H,1-2,10,14H2. The molecule has 1 heterocycles. The second-order valence-corrected chi connectivity index (χ2v) is 6.78. The highest BCUT2D eigenvalue weighted by atomic mass is 19.1. The Labute approximate surface area is 151 Å². The second kappa shape index (κ2) is 6.34. The lowest BCUT2D eigenvalue weighted by Crippen LogP contribution is -2.34. The number of Topliss-reactive ketones (excluding diaryl/α,β-unsaturated/α-hetero) is 1. The number of hydrogen-bond acceptors (Lipinski definition) is 3. The highest BCUT2D eigenvalue weighted by molar-refractivity contribution is 6.20. The number of rotatable bonds is 5. The lowest BCUT2D eigenvalue weighted by atomic mass is 9.71. The van der Waals surface area contributed by atoms with Crippen LogP contribution < -0.4 is 0 Å². The Hall–Kier alpha value is -3.06. The van der Waals surface area contributed by atoms with Gasteiger partial charge in [0.2, 0.25) is 0 Å². The summed E-state index contributed by atoms with van der Waals surface area (Å²) in [5.41, 5.74) is 1.72. The topological polar surface area (TPSA) is 53.8 Å². The summed E-state index contributed by atoms with van der Waals surface area (Å²) < 4.78 is 14.3. The highest BCUT2D eigenvalue weighted by Gasteiger charge is 2.47. The van der Waals surface area contributed by atoms with Crippen LogP contribution in [0.4, 0.5) is 4.39 Å². The maximum absolute atomic E-state index is 14.3. The van der Waals surface area contributed by atoms with Crippen LogP contribution in [0.3, 0.4) is 0 Å². The molecule has 0 bridgehead atoms. The van der Waals surface area contributed by atoms with Crippen LogP contribution >= 0.6 is 0 Å². The van der Waals surface area contributed by atoms with Gasteiger partial charge in [-0.3, -0.25) is 9.78 Å². The Kier molecular flexibility index (Phi) is 4.00. The summed E-state index contributed by atoms with van der Waals surface area (Å²) in [4.78, 5) is 17.5. The van der Waals surface area contributed by atoms with Gasteiger partial charge in [0.25, 0.3) is 0 Å². The first kappa shape index (κ1) is 16.4. The number of unbranched alkanes of at least 4 members (excludes halogenated alkanes) is 1. The summed E-state index contributed by atoms with van der Waals surface area (Å²) in [6.45, 7) is 0. The van der Waals surface area contributed by atoms with Gasteiger partial charge in [0.15, 0.2) is 5.78 Å². The minimum atomic E-state index is -0.756. The van der Waals surface area contributed by atoms with Crippen molar-refractivity contribution in [3.63, 3.8) is 0 Å². The minimum Gasteiger partial charge on any atom is -0.293 e. The molecule has 1 aliphatic rings. The zero-order valence-electron chi connectivity index (χ0n) is 14.2. The summed E-state index contributed by atoms with van der Waals surface area (Å²) in [5.74, 6) is -0.284. The van der Waals surface area contributed by atoms with Gasteiger partial charge in [0, 0.05) is 29.8 Å². The first-order chi connectivity index (χ1) is 12.7. The van der Waals surface area contributed by atoms with Crippen molar-refractivity contribution in [1.82, 2.24) is 4.98 Å². The smallest absolute Gasteiger partial charge is 0.174 e. The van der Waals surface area contributed by atoms with Crippen LogP contribution in [-0.4, -0.2) is 10.8 Å². The molecule has 4 heteroatoms. The number of carbonyl (C=O) groups is 1. The van der Waals surface area contributed by atoms with Crippen molar-refractivity contribution in [2.45, 2.75) is 31.1 Å². The molecule has 3 aromatic rings. The molecule has 1 aromatic heterocycles. The third kappa shape index (κ3) is 2.40. The molecule has 0 N–H and O–H groups in total. The summed E-state index contributed by atoms with van der Waals surface area (Å²) in [6.07, 6.45) is 5.54. The molecule has 0 amide bonds. The Morgan fingerprint density at radius 3 is 2.69 bits per heavy atom. The van der Waals surface area contributed by atoms with E-state index in [2.05, 4.69) is 11.1 Å². The van der Waals surface area contributed by atoms with Crippen molar-refractivity contribution < 1.29 is 9.18 Å². The Balaban J connectivity index is 1.91. The van der Waals surface area contributed by atoms with Crippen molar-refractivity contribution in [2.24, 2.45) is 0 Å². The molecule has 0 aliphatic heterocycles. The molecule has 26 heavy (non-hydrogen) atoms. The van der Waals surface area contributed by atoms with E-state index in [0.717, 1.165) is 16.5 Å². The average Bonchev–Trinajstić information content (AvgIpc) is 2.90. The summed E-state index contributed by atoms with van der Waals surface area (Å²) in [7, 11) is 0. The number of carbonyl (C=O) groups excluding carboxylic acids is 1. The van der Waals surface area contributed by atoms with Crippen molar-refractivity contribution in [3.8, 4) is 6.07 Å². The lowest BCUT2D eigenvalue weighted by molar-refractivity contribution is 0.0883. The average molecular weight is 344 g/mol. The van der Waals surface area contributed by atoms with Crippen LogP contribution in [0.5, 0.6) is 0 Å². The maximum Gasteiger partial charge on any atom is 0.174 e. The first-order valence-electron chi connectivity index (χ1n) is 8.70. The Bertz CT molecular complexity index is 1040. The van der Waals surface area contributed by atoms with Crippen molar-refractivity contribution in [1.29, 1.82) is 5.26 Å². The molecule has 4 rings (SSSR count). The monoisotopic (exact) mass is 344 g/mol. The predicted molar refractivity (Wildman–Crippen MR) is 97.3 cm³/mol. The predicted octanol–water partition coefficient (Wildman–Crippen LogP) is 4.74. The van der Waals surface area contributed by atoms with Gasteiger partial charge in [-0.15, -0.1) is 0 Å². The van der Waals surface area contributed by atoms with E-state index in [1.54, 1.807) is 24.5 Å². The van der Waals surface area contributed by atoms with E-state index in [1.807, 2.05) is 24.3 Å². The van der Waals surface area contributed by atoms with E-state index in [9.17, 15) is 9.18 Å². The molecule has 0 saturated heterocycles. The molecule has 0 fully saturated rings. The quantitative estimate of drug-likeness (QED) is 0.628. The molecule has 2 aromatic carbocycles. The summed E-state index contributed by atoms with van der Waals surface area (Å²) in [6, 6.07) is 14.4. The van der Waals surface area contributed by atoms with Crippen LogP contribution in [0.1, 0.15) is 40.7 Å². The first-order valence-corrected chi connectivity index (χ1v) is 8.70. The van der Waals surface area contributed by atoms with E-state index >= 15 is 0 Å². The summed E-state index contributed by atoms with van der Waals surface area (Å²) in [5, 5.41) is 10.2. The van der Waals surface area contributed by atoms with Crippen molar-refractivity contribution in [3.05, 3.63) is 77.4 Å². The summed E-state index contributed by atoms with van der Waals surface area (Å²) >= 11 is 0. The molecule has 0 spiro atoms. The van der Waals surface area contributed by atoms with Crippen LogP contribution in [0.25, 0.3) is 10.8 Å². The number of nitriles is 1. The number of hydrogen-bond donors (Lipinski definition) is 0. The Morgan fingerprint density at radius 2 is 1.92 bits per heavy atom. The third-order valence-electron chi connectivity index (χ3n) is 5.33. The second-order valence-electron chi connectivity index (χ2n) is 6.78. The highest BCUT2D eigenvalue weighted by Crippen LogP contribution is 2.47. The van der Waals surface area contributed by atoms with E-state index in [-0.39, 0.29) is 11.6 Å². The molecular formula is C22H17FN2O. The molecule has 128 valence electrons. The van der Waals surface area contributed by atoms with Crippen LogP contribution in [-0.2, 0) is 11.8 Å². The van der Waals surface area contributed by atoms with Gasteiger partial charge < -0.3 is 0 Å². The van der Waals surface area contributed by atoms with Gasteiger partial charge in [-0.2, -0.15) is 5.26 Å². The van der Waals surface area contributed by atoms with E-state index in [4.69, 9.17) is 5.26 Å². The third-order valence-corrected chi connectivity index (χ3v) is 5.33. The zero-order chi connectivity index (χ0) is 18.1. The number of halogens is 1. The molecule has 1 atom stereocenters. The number of aromatic nitrogens is 1. The fourth-order valence-electron chi connectivity index (χ4n) is 4.17. The number of nitrogens with zero attached hydrogens (tertiary/aromatic N) is 2. The molecular weight excluding hydrogens is 327 g/mol. The van der Waals surface area contributed by atoms with Crippen LogP contribution in [0, 0.1) is 17.1 Å². The van der Waals surface area contributed by atoms with Crippen molar-refractivity contribution >= 4 is 16.6 Å². The van der Waals surface area contributed by atoms with Gasteiger partial charge in [-0.25, -0.2) is 4.39 Å². The molecule has 1 unspecified atom stereocenters. The number of ketones is 1. The van der Waals surface area contributed by atoms with Gasteiger partial charge in [-0.05, 0) is 60.0 Å². The number of benzene rings is 2. The molecule has 0 radical (unpaired) electrons. The largest absolute Gasteiger partial charge is 0.293 e. The molecule has 1 aliphatic carbocycles. The fourth-order valence-corrected chi connectivity index (χ4v) is 4.17. The van der Waals surface area contributed by atoms with Gasteiger partial charge >= 0.3 is 0 Å².